The zero-order valence-electron chi connectivity index (χ0n) is 10.9. The molecule has 1 aliphatic heterocycles. The van der Waals surface area contributed by atoms with Gasteiger partial charge in [-0.3, -0.25) is 0 Å². The Bertz CT molecular complexity index is 354. The van der Waals surface area contributed by atoms with E-state index in [1.54, 1.807) is 6.20 Å². The second kappa shape index (κ2) is 7.10. The van der Waals surface area contributed by atoms with E-state index in [2.05, 4.69) is 32.3 Å². The van der Waals surface area contributed by atoms with Gasteiger partial charge in [-0.1, -0.05) is 19.8 Å². The number of unbranched alkanes of at least 4 members (excludes halogenated alkanes) is 2. The molecular formula is C12H21N5O. The van der Waals surface area contributed by atoms with E-state index in [0.717, 1.165) is 45.1 Å². The van der Waals surface area contributed by atoms with Crippen LogP contribution in [0.15, 0.2) is 6.20 Å². The second-order valence-corrected chi connectivity index (χ2v) is 4.37. The van der Waals surface area contributed by atoms with E-state index in [1.165, 1.54) is 12.8 Å². The molecule has 0 aliphatic carbocycles. The third-order valence-corrected chi connectivity index (χ3v) is 2.94. The molecule has 1 fully saturated rings. The zero-order chi connectivity index (χ0) is 12.6. The lowest BCUT2D eigenvalue weighted by Gasteiger charge is -2.27. The SMILES string of the molecule is CCCCCNc1nncc(N2CCOCC2)n1. The van der Waals surface area contributed by atoms with Crippen molar-refractivity contribution in [2.24, 2.45) is 0 Å². The van der Waals surface area contributed by atoms with Crippen LogP contribution in [0.1, 0.15) is 26.2 Å². The third-order valence-electron chi connectivity index (χ3n) is 2.94. The number of morpholine rings is 1. The molecule has 1 aromatic heterocycles. The maximum atomic E-state index is 5.32. The Hall–Kier alpha value is -1.43. The van der Waals surface area contributed by atoms with Gasteiger partial charge in [-0.05, 0) is 6.42 Å². The molecule has 0 unspecified atom stereocenters. The number of anilines is 2. The van der Waals surface area contributed by atoms with Crippen molar-refractivity contribution in [3.05, 3.63) is 6.20 Å². The maximum Gasteiger partial charge on any atom is 0.244 e. The van der Waals surface area contributed by atoms with Crippen molar-refractivity contribution >= 4 is 11.8 Å². The van der Waals surface area contributed by atoms with Gasteiger partial charge in [0, 0.05) is 19.6 Å². The van der Waals surface area contributed by atoms with Gasteiger partial charge in [-0.25, -0.2) is 0 Å². The van der Waals surface area contributed by atoms with Crippen molar-refractivity contribution in [3.8, 4) is 0 Å². The molecule has 2 heterocycles. The number of hydrogen-bond acceptors (Lipinski definition) is 6. The Morgan fingerprint density at radius 1 is 1.33 bits per heavy atom. The fraction of sp³-hybridized carbons (Fsp3) is 0.750. The molecule has 1 N–H and O–H groups in total. The molecule has 0 saturated carbocycles. The van der Waals surface area contributed by atoms with Crippen LogP contribution in [0.25, 0.3) is 0 Å². The van der Waals surface area contributed by atoms with Crippen molar-refractivity contribution in [1.29, 1.82) is 0 Å². The molecular weight excluding hydrogens is 230 g/mol. The fourth-order valence-electron chi connectivity index (χ4n) is 1.89. The molecule has 1 saturated heterocycles. The second-order valence-electron chi connectivity index (χ2n) is 4.37. The monoisotopic (exact) mass is 251 g/mol. The van der Waals surface area contributed by atoms with Crippen LogP contribution >= 0.6 is 0 Å². The van der Waals surface area contributed by atoms with Gasteiger partial charge in [0.05, 0.1) is 19.4 Å². The highest BCUT2D eigenvalue weighted by Crippen LogP contribution is 2.12. The fourth-order valence-corrected chi connectivity index (χ4v) is 1.89. The summed E-state index contributed by atoms with van der Waals surface area (Å²) in [5, 5.41) is 11.2. The van der Waals surface area contributed by atoms with Crippen LogP contribution in [0.2, 0.25) is 0 Å². The van der Waals surface area contributed by atoms with E-state index in [1.807, 2.05) is 0 Å². The van der Waals surface area contributed by atoms with E-state index in [-0.39, 0.29) is 0 Å². The molecule has 2 rings (SSSR count). The zero-order valence-corrected chi connectivity index (χ0v) is 10.9. The summed E-state index contributed by atoms with van der Waals surface area (Å²) in [5.74, 6) is 1.50. The maximum absolute atomic E-state index is 5.32. The lowest BCUT2D eigenvalue weighted by Crippen LogP contribution is -2.37. The average molecular weight is 251 g/mol. The Morgan fingerprint density at radius 3 is 2.94 bits per heavy atom. The minimum absolute atomic E-state index is 0.620. The van der Waals surface area contributed by atoms with Crippen molar-refractivity contribution in [3.63, 3.8) is 0 Å². The Morgan fingerprint density at radius 2 is 2.17 bits per heavy atom. The molecule has 6 nitrogen and oxygen atoms in total. The Labute approximate surface area is 108 Å². The topological polar surface area (TPSA) is 63.2 Å². The van der Waals surface area contributed by atoms with Crippen LogP contribution in [-0.2, 0) is 4.74 Å². The lowest BCUT2D eigenvalue weighted by atomic mass is 10.2. The van der Waals surface area contributed by atoms with Crippen LogP contribution in [-0.4, -0.2) is 48.0 Å². The summed E-state index contributed by atoms with van der Waals surface area (Å²) in [6.07, 6.45) is 5.29. The summed E-state index contributed by atoms with van der Waals surface area (Å²) >= 11 is 0. The van der Waals surface area contributed by atoms with Gasteiger partial charge in [0.25, 0.3) is 0 Å². The molecule has 0 spiro atoms. The van der Waals surface area contributed by atoms with Crippen molar-refractivity contribution in [1.82, 2.24) is 15.2 Å². The quantitative estimate of drug-likeness (QED) is 0.769. The standard InChI is InChI=1S/C12H21N5O/c1-2-3-4-5-13-12-15-11(10-14-16-12)17-6-8-18-9-7-17/h10H,2-9H2,1H3,(H,13,15,16). The van der Waals surface area contributed by atoms with Crippen LogP contribution in [0, 0.1) is 0 Å². The molecule has 0 amide bonds. The molecule has 1 aliphatic rings. The first kappa shape index (κ1) is 13.0. The molecule has 1 aromatic rings. The van der Waals surface area contributed by atoms with Gasteiger partial charge >= 0.3 is 0 Å². The number of nitrogens with zero attached hydrogens (tertiary/aromatic N) is 4. The first-order valence-corrected chi connectivity index (χ1v) is 6.66. The number of nitrogens with one attached hydrogen (secondary N) is 1. The van der Waals surface area contributed by atoms with Crippen molar-refractivity contribution < 1.29 is 4.74 Å². The molecule has 6 heteroatoms. The van der Waals surface area contributed by atoms with Crippen molar-refractivity contribution in [2.45, 2.75) is 26.2 Å². The summed E-state index contributed by atoms with van der Waals surface area (Å²) in [7, 11) is 0. The predicted octanol–water partition coefficient (Wildman–Crippen LogP) is 1.31. The number of rotatable bonds is 6. The highest BCUT2D eigenvalue weighted by molar-refractivity contribution is 5.40. The highest BCUT2D eigenvalue weighted by Gasteiger charge is 2.13. The van der Waals surface area contributed by atoms with Gasteiger partial charge in [0.2, 0.25) is 5.95 Å². The van der Waals surface area contributed by atoms with Crippen LogP contribution in [0.5, 0.6) is 0 Å². The van der Waals surface area contributed by atoms with Gasteiger partial charge in [-0.2, -0.15) is 10.1 Å². The normalized spacial score (nSPS) is 15.7. The Kier molecular flexibility index (Phi) is 5.14. The van der Waals surface area contributed by atoms with Gasteiger partial charge in [0.15, 0.2) is 5.82 Å². The van der Waals surface area contributed by atoms with Gasteiger partial charge in [-0.15, -0.1) is 5.10 Å². The average Bonchev–Trinajstić information content (AvgIpc) is 2.45. The molecule has 18 heavy (non-hydrogen) atoms. The third kappa shape index (κ3) is 3.80. The minimum Gasteiger partial charge on any atom is -0.378 e. The Balaban J connectivity index is 1.88. The van der Waals surface area contributed by atoms with Crippen molar-refractivity contribution in [2.75, 3.05) is 43.1 Å². The van der Waals surface area contributed by atoms with Crippen LogP contribution < -0.4 is 10.2 Å². The predicted molar refractivity (Wildman–Crippen MR) is 70.9 cm³/mol. The minimum atomic E-state index is 0.620. The van der Waals surface area contributed by atoms with E-state index in [0.29, 0.717) is 5.95 Å². The molecule has 0 radical (unpaired) electrons. The molecule has 100 valence electrons. The van der Waals surface area contributed by atoms with E-state index in [9.17, 15) is 0 Å². The highest BCUT2D eigenvalue weighted by atomic mass is 16.5. The van der Waals surface area contributed by atoms with E-state index >= 15 is 0 Å². The van der Waals surface area contributed by atoms with E-state index in [4.69, 9.17) is 4.74 Å². The summed E-state index contributed by atoms with van der Waals surface area (Å²) < 4.78 is 5.32. The van der Waals surface area contributed by atoms with Crippen LogP contribution in [0.4, 0.5) is 11.8 Å². The number of hydrogen-bond donors (Lipinski definition) is 1. The smallest absolute Gasteiger partial charge is 0.244 e. The van der Waals surface area contributed by atoms with E-state index < -0.39 is 0 Å². The van der Waals surface area contributed by atoms with Gasteiger partial charge in [0.1, 0.15) is 0 Å². The number of ether oxygens (including phenoxy) is 1. The molecule has 0 bridgehead atoms. The summed E-state index contributed by atoms with van der Waals surface area (Å²) in [6, 6.07) is 0. The number of aromatic nitrogens is 3. The largest absolute Gasteiger partial charge is 0.378 e. The molecule has 0 atom stereocenters. The lowest BCUT2D eigenvalue weighted by molar-refractivity contribution is 0.122. The summed E-state index contributed by atoms with van der Waals surface area (Å²) in [6.45, 7) is 6.34. The first-order chi connectivity index (χ1) is 8.90. The van der Waals surface area contributed by atoms with Gasteiger partial charge < -0.3 is 15.0 Å². The van der Waals surface area contributed by atoms with Crippen LogP contribution in [0.3, 0.4) is 0 Å². The molecule has 0 aromatic carbocycles. The summed E-state index contributed by atoms with van der Waals surface area (Å²) in [4.78, 5) is 6.66. The first-order valence-electron chi connectivity index (χ1n) is 6.66. The summed E-state index contributed by atoms with van der Waals surface area (Å²) in [5.41, 5.74) is 0.